The normalized spacial score (nSPS) is 11.2. The highest BCUT2D eigenvalue weighted by Crippen LogP contribution is 2.15. The van der Waals surface area contributed by atoms with Gasteiger partial charge in [0.1, 0.15) is 0 Å². The van der Waals surface area contributed by atoms with Crippen LogP contribution in [0, 0.1) is 0 Å². The molecule has 0 amide bonds. The van der Waals surface area contributed by atoms with E-state index in [1.54, 1.807) is 6.20 Å². The Morgan fingerprint density at radius 3 is 2.86 bits per heavy atom. The lowest BCUT2D eigenvalue weighted by atomic mass is 10.3. The Bertz CT molecular complexity index is 281. The molecule has 0 spiro atoms. The third-order valence-corrected chi connectivity index (χ3v) is 2.33. The van der Waals surface area contributed by atoms with Crippen molar-refractivity contribution in [3.05, 3.63) is 16.9 Å². The van der Waals surface area contributed by atoms with E-state index in [4.69, 9.17) is 11.6 Å². The molecule has 0 saturated heterocycles. The summed E-state index contributed by atoms with van der Waals surface area (Å²) in [5.41, 5.74) is 1.09. The first kappa shape index (κ1) is 11.5. The molecule has 0 aliphatic rings. The number of nitrogens with one attached hydrogen (secondary N) is 1. The zero-order valence-electron chi connectivity index (χ0n) is 9.05. The van der Waals surface area contributed by atoms with Crippen LogP contribution in [0.3, 0.4) is 0 Å². The van der Waals surface area contributed by atoms with E-state index in [0.29, 0.717) is 6.04 Å². The van der Waals surface area contributed by atoms with Crippen molar-refractivity contribution in [3.63, 3.8) is 0 Å². The SMILES string of the molecule is CCCn1ncc(Cl)c1CNC(C)C. The molecule has 1 heterocycles. The third kappa shape index (κ3) is 3.00. The van der Waals surface area contributed by atoms with Crippen molar-refractivity contribution >= 4 is 11.6 Å². The summed E-state index contributed by atoms with van der Waals surface area (Å²) >= 11 is 6.04. The van der Waals surface area contributed by atoms with E-state index in [2.05, 4.69) is 31.2 Å². The van der Waals surface area contributed by atoms with Gasteiger partial charge in [-0.05, 0) is 6.42 Å². The molecule has 0 radical (unpaired) electrons. The molecule has 0 fully saturated rings. The highest BCUT2D eigenvalue weighted by molar-refractivity contribution is 6.31. The monoisotopic (exact) mass is 215 g/mol. The largest absolute Gasteiger partial charge is 0.309 e. The Labute approximate surface area is 90.4 Å². The van der Waals surface area contributed by atoms with Crippen molar-refractivity contribution in [1.82, 2.24) is 15.1 Å². The fourth-order valence-electron chi connectivity index (χ4n) is 1.27. The van der Waals surface area contributed by atoms with Crippen molar-refractivity contribution in [3.8, 4) is 0 Å². The van der Waals surface area contributed by atoms with Gasteiger partial charge in [0.15, 0.2) is 0 Å². The smallest absolute Gasteiger partial charge is 0.0831 e. The van der Waals surface area contributed by atoms with Crippen LogP contribution >= 0.6 is 11.6 Å². The molecule has 0 atom stereocenters. The van der Waals surface area contributed by atoms with Gasteiger partial charge in [0.25, 0.3) is 0 Å². The predicted octanol–water partition coefficient (Wildman–Crippen LogP) is 2.44. The number of nitrogens with zero attached hydrogens (tertiary/aromatic N) is 2. The van der Waals surface area contributed by atoms with Gasteiger partial charge in [-0.1, -0.05) is 32.4 Å². The Balaban J connectivity index is 2.67. The molecule has 0 unspecified atom stereocenters. The van der Waals surface area contributed by atoms with Gasteiger partial charge in [-0.3, -0.25) is 4.68 Å². The number of aromatic nitrogens is 2. The van der Waals surface area contributed by atoms with Crippen LogP contribution in [0.2, 0.25) is 5.02 Å². The summed E-state index contributed by atoms with van der Waals surface area (Å²) in [5.74, 6) is 0. The zero-order valence-corrected chi connectivity index (χ0v) is 9.80. The van der Waals surface area contributed by atoms with Crippen LogP contribution in [0.15, 0.2) is 6.20 Å². The lowest BCUT2D eigenvalue weighted by molar-refractivity contribution is 0.523. The van der Waals surface area contributed by atoms with Crippen LogP contribution in [0.5, 0.6) is 0 Å². The number of aryl methyl sites for hydroxylation is 1. The Hall–Kier alpha value is -0.540. The summed E-state index contributed by atoms with van der Waals surface area (Å²) < 4.78 is 1.97. The summed E-state index contributed by atoms with van der Waals surface area (Å²) in [6.45, 7) is 8.09. The molecule has 1 aromatic rings. The van der Waals surface area contributed by atoms with Crippen LogP contribution < -0.4 is 5.32 Å². The molecule has 3 nitrogen and oxygen atoms in total. The minimum Gasteiger partial charge on any atom is -0.309 e. The molecule has 80 valence electrons. The van der Waals surface area contributed by atoms with Crippen molar-refractivity contribution in [2.45, 2.75) is 46.3 Å². The third-order valence-electron chi connectivity index (χ3n) is 2.01. The van der Waals surface area contributed by atoms with Crippen molar-refractivity contribution in [2.24, 2.45) is 0 Å². The number of rotatable bonds is 5. The van der Waals surface area contributed by atoms with E-state index in [9.17, 15) is 0 Å². The van der Waals surface area contributed by atoms with Gasteiger partial charge >= 0.3 is 0 Å². The molecule has 0 saturated carbocycles. The maximum absolute atomic E-state index is 6.04. The van der Waals surface area contributed by atoms with Gasteiger partial charge in [0.2, 0.25) is 0 Å². The fourth-order valence-corrected chi connectivity index (χ4v) is 1.48. The van der Waals surface area contributed by atoms with Crippen LogP contribution in [-0.2, 0) is 13.1 Å². The van der Waals surface area contributed by atoms with E-state index in [-0.39, 0.29) is 0 Å². The molecule has 1 N–H and O–H groups in total. The Morgan fingerprint density at radius 2 is 2.29 bits per heavy atom. The first-order chi connectivity index (χ1) is 6.65. The van der Waals surface area contributed by atoms with E-state index >= 15 is 0 Å². The first-order valence-electron chi connectivity index (χ1n) is 5.08. The molecular formula is C10H18ClN3. The molecule has 1 rings (SSSR count). The molecule has 14 heavy (non-hydrogen) atoms. The number of hydrogen-bond acceptors (Lipinski definition) is 2. The fraction of sp³-hybridized carbons (Fsp3) is 0.700. The highest BCUT2D eigenvalue weighted by atomic mass is 35.5. The van der Waals surface area contributed by atoms with Gasteiger partial charge < -0.3 is 5.32 Å². The molecule has 1 aromatic heterocycles. The Morgan fingerprint density at radius 1 is 1.57 bits per heavy atom. The second-order valence-corrected chi connectivity index (χ2v) is 4.11. The molecular weight excluding hydrogens is 198 g/mol. The summed E-state index contributed by atoms with van der Waals surface area (Å²) in [5, 5.41) is 8.33. The van der Waals surface area contributed by atoms with Crippen molar-refractivity contribution in [1.29, 1.82) is 0 Å². The maximum atomic E-state index is 6.04. The summed E-state index contributed by atoms with van der Waals surface area (Å²) in [6.07, 6.45) is 2.79. The van der Waals surface area contributed by atoms with Crippen LogP contribution in [0.25, 0.3) is 0 Å². The predicted molar refractivity (Wildman–Crippen MR) is 59.5 cm³/mol. The average Bonchev–Trinajstić information content (AvgIpc) is 2.45. The van der Waals surface area contributed by atoms with Gasteiger partial charge in [-0.15, -0.1) is 0 Å². The van der Waals surface area contributed by atoms with Crippen LogP contribution in [0.1, 0.15) is 32.9 Å². The van der Waals surface area contributed by atoms with Crippen molar-refractivity contribution in [2.75, 3.05) is 0 Å². The number of halogens is 1. The van der Waals surface area contributed by atoms with Crippen LogP contribution in [-0.4, -0.2) is 15.8 Å². The van der Waals surface area contributed by atoms with Gasteiger partial charge in [-0.25, -0.2) is 0 Å². The first-order valence-corrected chi connectivity index (χ1v) is 5.46. The topological polar surface area (TPSA) is 29.9 Å². The average molecular weight is 216 g/mol. The van der Waals surface area contributed by atoms with Crippen molar-refractivity contribution < 1.29 is 0 Å². The van der Waals surface area contributed by atoms with E-state index in [1.807, 2.05) is 4.68 Å². The van der Waals surface area contributed by atoms with E-state index in [0.717, 1.165) is 30.2 Å². The highest BCUT2D eigenvalue weighted by Gasteiger charge is 2.08. The minimum atomic E-state index is 0.469. The quantitative estimate of drug-likeness (QED) is 0.818. The van der Waals surface area contributed by atoms with Gasteiger partial charge in [-0.2, -0.15) is 5.10 Å². The van der Waals surface area contributed by atoms with E-state index in [1.165, 1.54) is 0 Å². The molecule has 0 aromatic carbocycles. The van der Waals surface area contributed by atoms with E-state index < -0.39 is 0 Å². The summed E-state index contributed by atoms with van der Waals surface area (Å²) in [6, 6.07) is 0.469. The van der Waals surface area contributed by atoms with Gasteiger partial charge in [0, 0.05) is 19.1 Å². The lowest BCUT2D eigenvalue weighted by Crippen LogP contribution is -2.24. The standard InChI is InChI=1S/C10H18ClN3/c1-4-5-14-10(7-12-8(2)3)9(11)6-13-14/h6,8,12H,4-5,7H2,1-3H3. The lowest BCUT2D eigenvalue weighted by Gasteiger charge is -2.10. The van der Waals surface area contributed by atoms with Crippen LogP contribution in [0.4, 0.5) is 0 Å². The van der Waals surface area contributed by atoms with Gasteiger partial charge in [0.05, 0.1) is 16.9 Å². The molecule has 0 bridgehead atoms. The molecule has 0 aliphatic carbocycles. The molecule has 4 heteroatoms. The second-order valence-electron chi connectivity index (χ2n) is 3.70. The summed E-state index contributed by atoms with van der Waals surface area (Å²) in [7, 11) is 0. The minimum absolute atomic E-state index is 0.469. The second kappa shape index (κ2) is 5.37. The maximum Gasteiger partial charge on any atom is 0.0831 e. The summed E-state index contributed by atoms with van der Waals surface area (Å²) in [4.78, 5) is 0. The molecule has 0 aliphatic heterocycles. The Kier molecular flexibility index (Phi) is 4.42. The number of hydrogen-bond donors (Lipinski definition) is 1. The zero-order chi connectivity index (χ0) is 10.6.